The third kappa shape index (κ3) is 3.23. The van der Waals surface area contributed by atoms with Crippen LogP contribution in [-0.4, -0.2) is 31.8 Å². The molecule has 1 saturated heterocycles. The molecule has 4 rings (SSSR count). The molecule has 0 radical (unpaired) electrons. The number of esters is 1. The molecule has 2 heterocycles. The molecule has 0 amide bonds. The maximum Gasteiger partial charge on any atom is 0.339 e. The van der Waals surface area contributed by atoms with E-state index in [2.05, 4.69) is 0 Å². The van der Waals surface area contributed by atoms with Crippen LogP contribution in [0.15, 0.2) is 42.5 Å². The topological polar surface area (TPSA) is 63.7 Å². The summed E-state index contributed by atoms with van der Waals surface area (Å²) in [6.07, 6.45) is 0.680. The number of carbonyl (C=O) groups excluding carboxylic acids is 1. The SMILES string of the molecule is O=C1OC2(CCN(S(=O)(=O)Cc3cc(F)cc(F)c3)CC2)c2ccccc21. The minimum Gasteiger partial charge on any atom is -0.450 e. The highest BCUT2D eigenvalue weighted by Crippen LogP contribution is 2.44. The van der Waals surface area contributed by atoms with Crippen molar-refractivity contribution in [2.24, 2.45) is 0 Å². The van der Waals surface area contributed by atoms with Crippen molar-refractivity contribution >= 4 is 16.0 Å². The van der Waals surface area contributed by atoms with E-state index in [9.17, 15) is 22.0 Å². The lowest BCUT2D eigenvalue weighted by atomic mass is 9.84. The van der Waals surface area contributed by atoms with Crippen LogP contribution in [0.1, 0.15) is 34.3 Å². The number of benzene rings is 2. The maximum absolute atomic E-state index is 13.3. The van der Waals surface area contributed by atoms with E-state index in [1.165, 1.54) is 4.31 Å². The van der Waals surface area contributed by atoms with Crippen LogP contribution >= 0.6 is 0 Å². The summed E-state index contributed by atoms with van der Waals surface area (Å²) < 4.78 is 58.9. The van der Waals surface area contributed by atoms with Gasteiger partial charge in [-0.2, -0.15) is 0 Å². The van der Waals surface area contributed by atoms with Crippen molar-refractivity contribution in [2.75, 3.05) is 13.1 Å². The van der Waals surface area contributed by atoms with Gasteiger partial charge >= 0.3 is 5.97 Å². The van der Waals surface area contributed by atoms with Crippen molar-refractivity contribution in [1.82, 2.24) is 4.31 Å². The normalized spacial score (nSPS) is 19.1. The fourth-order valence-corrected chi connectivity index (χ4v) is 5.35. The summed E-state index contributed by atoms with van der Waals surface area (Å²) in [5, 5.41) is 0. The molecule has 0 unspecified atom stereocenters. The van der Waals surface area contributed by atoms with Crippen molar-refractivity contribution < 1.29 is 26.7 Å². The molecule has 2 aromatic carbocycles. The summed E-state index contributed by atoms with van der Waals surface area (Å²) in [4.78, 5) is 12.1. The largest absolute Gasteiger partial charge is 0.450 e. The molecule has 2 aliphatic heterocycles. The van der Waals surface area contributed by atoms with Gasteiger partial charge in [0.15, 0.2) is 0 Å². The second-order valence-corrected chi connectivity index (χ2v) is 8.83. The molecule has 142 valence electrons. The first kappa shape index (κ1) is 18.1. The zero-order valence-corrected chi connectivity index (χ0v) is 15.1. The van der Waals surface area contributed by atoms with Gasteiger partial charge in [-0.3, -0.25) is 0 Å². The Bertz CT molecular complexity index is 994. The predicted octanol–water partition coefficient (Wildman–Crippen LogP) is 2.96. The van der Waals surface area contributed by atoms with Gasteiger partial charge in [0.25, 0.3) is 0 Å². The smallest absolute Gasteiger partial charge is 0.339 e. The number of nitrogens with zero attached hydrogens (tertiary/aromatic N) is 1. The number of piperidine rings is 1. The lowest BCUT2D eigenvalue weighted by Gasteiger charge is -2.37. The number of ether oxygens (including phenoxy) is 1. The van der Waals surface area contributed by atoms with Crippen molar-refractivity contribution in [2.45, 2.75) is 24.2 Å². The molecular formula is C19H17F2NO4S. The average molecular weight is 393 g/mol. The van der Waals surface area contributed by atoms with E-state index in [0.717, 1.165) is 17.7 Å². The second-order valence-electron chi connectivity index (χ2n) is 6.86. The van der Waals surface area contributed by atoms with Crippen LogP contribution in [0.25, 0.3) is 0 Å². The van der Waals surface area contributed by atoms with Crippen LogP contribution in [0.5, 0.6) is 0 Å². The highest BCUT2D eigenvalue weighted by molar-refractivity contribution is 7.88. The third-order valence-corrected chi connectivity index (χ3v) is 6.97. The molecule has 0 bridgehead atoms. The van der Waals surface area contributed by atoms with Crippen LogP contribution in [0.2, 0.25) is 0 Å². The molecule has 5 nitrogen and oxygen atoms in total. The van der Waals surface area contributed by atoms with E-state index < -0.39 is 39.0 Å². The van der Waals surface area contributed by atoms with Crippen molar-refractivity contribution in [3.05, 3.63) is 70.8 Å². The monoisotopic (exact) mass is 393 g/mol. The molecule has 0 atom stereocenters. The summed E-state index contributed by atoms with van der Waals surface area (Å²) in [6, 6.07) is 9.85. The van der Waals surface area contributed by atoms with Gasteiger partial charge in [0.05, 0.1) is 11.3 Å². The molecule has 8 heteroatoms. The Hall–Kier alpha value is -2.32. The molecule has 0 aliphatic carbocycles. The Kier molecular flexibility index (Phi) is 4.27. The standard InChI is InChI=1S/C19H17F2NO4S/c20-14-9-13(10-15(21)11-14)12-27(24,25)22-7-5-19(6-8-22)17-4-2-1-3-16(17)18(23)26-19/h1-4,9-11H,5-8,12H2. The van der Waals surface area contributed by atoms with Gasteiger partial charge in [-0.25, -0.2) is 26.3 Å². The molecule has 2 aliphatic rings. The van der Waals surface area contributed by atoms with Gasteiger partial charge in [-0.1, -0.05) is 18.2 Å². The lowest BCUT2D eigenvalue weighted by Crippen LogP contribution is -2.45. The molecule has 1 fully saturated rings. The Balaban J connectivity index is 1.52. The molecular weight excluding hydrogens is 376 g/mol. The van der Waals surface area contributed by atoms with E-state index in [4.69, 9.17) is 4.74 Å². The summed E-state index contributed by atoms with van der Waals surface area (Å²) in [7, 11) is -3.75. The van der Waals surface area contributed by atoms with Gasteiger partial charge in [0.1, 0.15) is 17.2 Å². The van der Waals surface area contributed by atoms with Crippen LogP contribution in [0.4, 0.5) is 8.78 Å². The first-order chi connectivity index (χ1) is 12.8. The average Bonchev–Trinajstić information content (AvgIpc) is 2.86. The number of hydrogen-bond acceptors (Lipinski definition) is 4. The van der Waals surface area contributed by atoms with Crippen LogP contribution < -0.4 is 0 Å². The summed E-state index contributed by atoms with van der Waals surface area (Å²) in [6.45, 7) is 0.337. The molecule has 0 N–H and O–H groups in total. The number of hydrogen-bond donors (Lipinski definition) is 0. The minimum absolute atomic E-state index is 0.0606. The Morgan fingerprint density at radius 3 is 2.33 bits per heavy atom. The Labute approximate surface area is 155 Å². The summed E-state index contributed by atoms with van der Waals surface area (Å²) in [5.41, 5.74) is 0.568. The molecule has 27 heavy (non-hydrogen) atoms. The highest BCUT2D eigenvalue weighted by Gasteiger charge is 2.48. The lowest BCUT2D eigenvalue weighted by molar-refractivity contribution is -0.0329. The first-order valence-corrected chi connectivity index (χ1v) is 10.2. The van der Waals surface area contributed by atoms with Gasteiger partial charge in [-0.15, -0.1) is 0 Å². The van der Waals surface area contributed by atoms with Crippen LogP contribution in [-0.2, 0) is 26.1 Å². The van der Waals surface area contributed by atoms with E-state index in [1.54, 1.807) is 12.1 Å². The molecule has 0 saturated carbocycles. The van der Waals surface area contributed by atoms with Gasteiger partial charge in [0.2, 0.25) is 10.0 Å². The number of fused-ring (bicyclic) bond motifs is 2. The number of halogens is 2. The Morgan fingerprint density at radius 2 is 1.67 bits per heavy atom. The quantitative estimate of drug-likeness (QED) is 0.753. The van der Waals surface area contributed by atoms with Gasteiger partial charge in [-0.05, 0) is 23.8 Å². The third-order valence-electron chi connectivity index (χ3n) is 5.12. The van der Waals surface area contributed by atoms with Crippen LogP contribution in [0, 0.1) is 11.6 Å². The predicted molar refractivity (Wildman–Crippen MR) is 93.3 cm³/mol. The zero-order chi connectivity index (χ0) is 19.2. The van der Waals surface area contributed by atoms with E-state index in [1.807, 2.05) is 12.1 Å². The van der Waals surface area contributed by atoms with Crippen molar-refractivity contribution in [1.29, 1.82) is 0 Å². The Morgan fingerprint density at radius 1 is 1.04 bits per heavy atom. The number of carbonyl (C=O) groups is 1. The maximum atomic E-state index is 13.3. The fourth-order valence-electron chi connectivity index (χ4n) is 3.84. The van der Waals surface area contributed by atoms with E-state index in [0.29, 0.717) is 24.5 Å². The second kappa shape index (κ2) is 6.38. The summed E-state index contributed by atoms with van der Waals surface area (Å²) >= 11 is 0. The zero-order valence-electron chi connectivity index (χ0n) is 14.3. The number of rotatable bonds is 3. The van der Waals surface area contributed by atoms with Crippen LogP contribution in [0.3, 0.4) is 0 Å². The molecule has 0 aromatic heterocycles. The number of sulfonamides is 1. The van der Waals surface area contributed by atoms with Gasteiger partial charge in [0, 0.05) is 37.6 Å². The van der Waals surface area contributed by atoms with Crippen molar-refractivity contribution in [3.63, 3.8) is 0 Å². The highest BCUT2D eigenvalue weighted by atomic mass is 32.2. The van der Waals surface area contributed by atoms with Gasteiger partial charge < -0.3 is 4.74 Å². The molecule has 1 spiro atoms. The molecule has 2 aromatic rings. The summed E-state index contributed by atoms with van der Waals surface area (Å²) in [5.74, 6) is -2.50. The van der Waals surface area contributed by atoms with E-state index in [-0.39, 0.29) is 18.7 Å². The fraction of sp³-hybridized carbons (Fsp3) is 0.316. The minimum atomic E-state index is -3.75. The van der Waals surface area contributed by atoms with Crippen molar-refractivity contribution in [3.8, 4) is 0 Å². The van der Waals surface area contributed by atoms with E-state index >= 15 is 0 Å². The first-order valence-electron chi connectivity index (χ1n) is 8.55.